The van der Waals surface area contributed by atoms with Crippen LogP contribution in [0.3, 0.4) is 0 Å². The lowest BCUT2D eigenvalue weighted by Crippen LogP contribution is -2.58. The fourth-order valence-electron chi connectivity index (χ4n) is 11.5. The van der Waals surface area contributed by atoms with Crippen LogP contribution in [0.4, 0.5) is 11.4 Å². The average Bonchev–Trinajstić information content (AvgIpc) is 3.80. The first kappa shape index (κ1) is 48.2. The number of nitro benzene ring substituents is 1. The molecule has 1 amide bonds. The van der Waals surface area contributed by atoms with Gasteiger partial charge in [-0.15, -0.1) is 11.8 Å². The van der Waals surface area contributed by atoms with Gasteiger partial charge >= 0.3 is 0 Å². The number of aromatic nitrogens is 2. The Kier molecular flexibility index (Phi) is 13.3. The number of hydrogen-bond donors (Lipinski definition) is 3. The Morgan fingerprint density at radius 2 is 1.80 bits per heavy atom. The number of ether oxygens (including phenoxy) is 4. The number of aromatic amines is 1. The zero-order chi connectivity index (χ0) is 49.0. The first-order valence-electron chi connectivity index (χ1n) is 24.5. The van der Waals surface area contributed by atoms with Crippen molar-refractivity contribution in [2.45, 2.75) is 117 Å². The van der Waals surface area contributed by atoms with Crippen molar-refractivity contribution in [3.8, 4) is 23.1 Å². The van der Waals surface area contributed by atoms with Crippen LogP contribution < -0.4 is 23.8 Å². The lowest BCUT2D eigenvalue weighted by molar-refractivity contribution is -0.388. The van der Waals surface area contributed by atoms with E-state index in [0.29, 0.717) is 43.0 Å². The summed E-state index contributed by atoms with van der Waals surface area (Å²) in [5.41, 5.74) is 3.19. The molecule has 70 heavy (non-hydrogen) atoms. The van der Waals surface area contributed by atoms with E-state index < -0.39 is 37.0 Å². The number of aliphatic hydroxyl groups is 1. The van der Waals surface area contributed by atoms with Crippen molar-refractivity contribution in [1.29, 1.82) is 0 Å². The summed E-state index contributed by atoms with van der Waals surface area (Å²) in [6.45, 7) is 10.5. The number of benzene rings is 3. The Morgan fingerprint density at radius 3 is 2.54 bits per heavy atom. The molecule has 1 spiro atoms. The summed E-state index contributed by atoms with van der Waals surface area (Å²) in [5.74, 6) is 0.294. The van der Waals surface area contributed by atoms with Crippen molar-refractivity contribution < 1.29 is 42.2 Å². The fourth-order valence-corrected chi connectivity index (χ4v) is 13.8. The highest BCUT2D eigenvalue weighted by atomic mass is 32.2. The van der Waals surface area contributed by atoms with Crippen LogP contribution in [0.1, 0.15) is 112 Å². The molecule has 3 aliphatic heterocycles. The SMILES string of the molecule is COc1nc2[nH]ccc2cc1Oc1cc(N2CCC3(CC2)CC(N2CCOC[C@H]2c2ccccc2C(C)C)C3)ccc1C(=O)NS(=O)(=O)c1cc2c(c([N+](=O)[O-])c1)S[C@@H](C[C@H]1CC[C@](C)(O)CC1)CO2. The number of fused-ring (bicyclic) bond motifs is 2. The van der Waals surface area contributed by atoms with Crippen LogP contribution in [0, 0.1) is 21.4 Å². The van der Waals surface area contributed by atoms with Gasteiger partial charge in [-0.05, 0) is 117 Å². The van der Waals surface area contributed by atoms with Gasteiger partial charge in [0, 0.05) is 66.4 Å². The third-order valence-electron chi connectivity index (χ3n) is 15.5. The second-order valence-corrected chi connectivity index (χ2v) is 23.5. The van der Waals surface area contributed by atoms with Crippen LogP contribution >= 0.6 is 11.8 Å². The molecule has 2 atom stereocenters. The van der Waals surface area contributed by atoms with Crippen LogP contribution in [0.15, 0.2) is 82.7 Å². The van der Waals surface area contributed by atoms with E-state index >= 15 is 0 Å². The fraction of sp³-hybridized carbons (Fsp3) is 0.500. The molecule has 5 aromatic rings. The smallest absolute Gasteiger partial charge is 0.288 e. The third kappa shape index (κ3) is 9.81. The number of thioether (sulfide) groups is 1. The van der Waals surface area contributed by atoms with Gasteiger partial charge in [0.25, 0.3) is 27.5 Å². The molecular weight excluding hydrogens is 933 g/mol. The third-order valence-corrected chi connectivity index (χ3v) is 18.1. The number of carbonyl (C=O) groups excluding carboxylic acids is 1. The van der Waals surface area contributed by atoms with E-state index in [0.717, 1.165) is 88.3 Å². The van der Waals surface area contributed by atoms with Crippen LogP contribution in [-0.2, 0) is 14.8 Å². The molecule has 0 bridgehead atoms. The van der Waals surface area contributed by atoms with Crippen molar-refractivity contribution in [2.24, 2.45) is 11.3 Å². The molecule has 4 fully saturated rings. The van der Waals surface area contributed by atoms with Gasteiger partial charge in [0.2, 0.25) is 0 Å². The number of carbonyl (C=O) groups is 1. The van der Waals surface area contributed by atoms with Crippen LogP contribution in [0.2, 0.25) is 0 Å². The summed E-state index contributed by atoms with van der Waals surface area (Å²) in [6.07, 6.45) is 9.83. The molecule has 5 heterocycles. The number of nitrogens with one attached hydrogen (secondary N) is 2. The Labute approximate surface area is 413 Å². The van der Waals surface area contributed by atoms with E-state index in [1.165, 1.54) is 36.1 Å². The highest BCUT2D eigenvalue weighted by Crippen LogP contribution is 2.54. The zero-order valence-corrected chi connectivity index (χ0v) is 41.8. The lowest BCUT2D eigenvalue weighted by atomic mass is 9.59. The van der Waals surface area contributed by atoms with E-state index in [9.17, 15) is 28.4 Å². The van der Waals surface area contributed by atoms with Gasteiger partial charge in [-0.2, -0.15) is 4.98 Å². The van der Waals surface area contributed by atoms with E-state index in [1.807, 2.05) is 13.0 Å². The summed E-state index contributed by atoms with van der Waals surface area (Å²) in [4.78, 5) is 38.4. The van der Waals surface area contributed by atoms with Gasteiger partial charge in [-0.3, -0.25) is 19.8 Å². The van der Waals surface area contributed by atoms with Crippen molar-refractivity contribution in [3.63, 3.8) is 0 Å². The van der Waals surface area contributed by atoms with Gasteiger partial charge in [-0.1, -0.05) is 38.1 Å². The standard InChI is InChI=1S/C52H62N6O10S2/c1-32(2)39-7-5-6-8-40(39)43-31-66-22-21-57(43)36-28-52(29-36)16-19-56(20-17-52)35-9-10-41(44(25-35)68-46-24-34-13-18-53-48(34)54-50(46)65-4)49(59)55-70(63,64)38-26-42(58(61)62)47-45(27-38)67-30-37(69-47)23-33-11-14-51(3,60)15-12-33/h5-10,13,18,24-27,32-33,36-37,43,60H,11-12,14-17,19-23,28-31H2,1-4H3,(H,53,54)(H,55,59)/t33-,37-,43-,51-/m0/s1. The number of anilines is 1. The van der Waals surface area contributed by atoms with Crippen molar-refractivity contribution >= 4 is 50.1 Å². The monoisotopic (exact) mass is 994 g/mol. The van der Waals surface area contributed by atoms with Crippen molar-refractivity contribution in [2.75, 3.05) is 51.5 Å². The van der Waals surface area contributed by atoms with E-state index in [4.69, 9.17) is 18.9 Å². The van der Waals surface area contributed by atoms with Gasteiger partial charge < -0.3 is 33.9 Å². The molecule has 3 N–H and O–H groups in total. The topological polar surface area (TPSA) is 199 Å². The Hall–Kier alpha value is -5.40. The molecule has 2 saturated carbocycles. The molecule has 18 heteroatoms. The first-order valence-corrected chi connectivity index (χ1v) is 26.9. The van der Waals surface area contributed by atoms with E-state index in [-0.39, 0.29) is 56.9 Å². The zero-order valence-electron chi connectivity index (χ0n) is 40.1. The molecule has 10 rings (SSSR count). The molecule has 0 radical (unpaired) electrons. The predicted octanol–water partition coefficient (Wildman–Crippen LogP) is 9.52. The summed E-state index contributed by atoms with van der Waals surface area (Å²) in [7, 11) is -3.22. The Morgan fingerprint density at radius 1 is 1.03 bits per heavy atom. The minimum atomic E-state index is -4.68. The van der Waals surface area contributed by atoms with Gasteiger partial charge in [-0.25, -0.2) is 13.1 Å². The number of pyridine rings is 1. The quantitative estimate of drug-likeness (QED) is 0.0744. The van der Waals surface area contributed by atoms with Crippen molar-refractivity contribution in [3.05, 3.63) is 99.7 Å². The first-order chi connectivity index (χ1) is 33.6. The van der Waals surface area contributed by atoms with Gasteiger partial charge in [0.1, 0.15) is 28.6 Å². The molecule has 3 aromatic carbocycles. The van der Waals surface area contributed by atoms with Crippen LogP contribution in [-0.4, -0.2) is 103 Å². The van der Waals surface area contributed by atoms with E-state index in [1.54, 1.807) is 30.5 Å². The number of nitrogens with zero attached hydrogens (tertiary/aromatic N) is 4. The molecule has 2 aromatic heterocycles. The summed E-state index contributed by atoms with van der Waals surface area (Å²) < 4.78 is 54.5. The highest BCUT2D eigenvalue weighted by Gasteiger charge is 2.50. The molecule has 2 aliphatic carbocycles. The number of hydrogen-bond acceptors (Lipinski definition) is 14. The van der Waals surface area contributed by atoms with Gasteiger partial charge in [0.15, 0.2) is 5.75 Å². The number of amides is 1. The molecule has 16 nitrogen and oxygen atoms in total. The number of piperidine rings is 1. The van der Waals surface area contributed by atoms with Crippen LogP contribution in [0.5, 0.6) is 23.1 Å². The Bertz CT molecular complexity index is 2880. The predicted molar refractivity (Wildman–Crippen MR) is 267 cm³/mol. The number of morpholine rings is 1. The molecule has 0 unspecified atom stereocenters. The van der Waals surface area contributed by atoms with Gasteiger partial charge in [0.05, 0.1) is 47.3 Å². The molecule has 2 saturated heterocycles. The molecule has 5 aliphatic rings. The summed E-state index contributed by atoms with van der Waals surface area (Å²) in [5, 5.41) is 23.5. The minimum absolute atomic E-state index is 0.0707. The second-order valence-electron chi connectivity index (χ2n) is 20.5. The lowest BCUT2D eigenvalue weighted by Gasteiger charge is -2.57. The maximum absolute atomic E-state index is 14.3. The number of nitro groups is 1. The summed E-state index contributed by atoms with van der Waals surface area (Å²) in [6, 6.07) is 20.4. The minimum Gasteiger partial charge on any atom is -0.491 e. The van der Waals surface area contributed by atoms with E-state index in [2.05, 4.69) is 62.6 Å². The van der Waals surface area contributed by atoms with Crippen molar-refractivity contribution in [1.82, 2.24) is 19.6 Å². The highest BCUT2D eigenvalue weighted by molar-refractivity contribution is 8.00. The van der Waals surface area contributed by atoms with Crippen LogP contribution in [0.25, 0.3) is 11.0 Å². The Balaban J connectivity index is 0.866. The maximum atomic E-state index is 14.3. The average molecular weight is 995 g/mol. The molecule has 372 valence electrons. The number of methoxy groups -OCH3 is 1. The summed E-state index contributed by atoms with van der Waals surface area (Å²) >= 11 is 1.31. The number of rotatable bonds is 13. The normalized spacial score (nSPS) is 23.9. The largest absolute Gasteiger partial charge is 0.491 e. The maximum Gasteiger partial charge on any atom is 0.288 e. The number of sulfonamides is 1. The second kappa shape index (κ2) is 19.3. The number of H-pyrrole nitrogens is 1. The molecular formula is C52H62N6O10S2.